The Morgan fingerprint density at radius 1 is 1.22 bits per heavy atom. The average molecular weight is 512 g/mol. The summed E-state index contributed by atoms with van der Waals surface area (Å²) in [4.78, 5) is 11.3. The molecule has 0 radical (unpaired) electrons. The maximum absolute atomic E-state index is 9.78. The minimum atomic E-state index is -0.227. The fourth-order valence-electron chi connectivity index (χ4n) is 4.24. The Hall–Kier alpha value is -2.98. The van der Waals surface area contributed by atoms with Gasteiger partial charge in [0.2, 0.25) is 5.95 Å². The average Bonchev–Trinajstić information content (AvgIpc) is 3.47. The molecule has 1 fully saturated rings. The standard InChI is InChI=1S/C23H26ClN7O.C3H8O/c1-14-16(11-30-9-7-18(32)13-30)12-31(28-14)21-6-8-25-23(27-21)26-17-4-5-20-19(10-17)22(24)15(2)29(20)3;1-3(2)4/h4-6,8,10,12,18,32H,7,9,11,13H2,1-3H3,(H,25,26,27);3-4H,1-2H3. The quantitative estimate of drug-likeness (QED) is 0.370. The number of hydrogen-bond acceptors (Lipinski definition) is 7. The van der Waals surface area contributed by atoms with Crippen molar-refractivity contribution in [3.05, 3.63) is 58.6 Å². The monoisotopic (exact) mass is 511 g/mol. The van der Waals surface area contributed by atoms with Gasteiger partial charge in [-0.3, -0.25) is 4.90 Å². The highest BCUT2D eigenvalue weighted by Gasteiger charge is 2.21. The summed E-state index contributed by atoms with van der Waals surface area (Å²) in [7, 11) is 2.01. The molecule has 1 aliphatic rings. The third kappa shape index (κ3) is 5.87. The van der Waals surface area contributed by atoms with Crippen LogP contribution >= 0.6 is 11.6 Å². The largest absolute Gasteiger partial charge is 0.394 e. The second kappa shape index (κ2) is 11.0. The Labute approximate surface area is 216 Å². The van der Waals surface area contributed by atoms with Gasteiger partial charge in [0, 0.05) is 79.1 Å². The molecule has 0 amide bonds. The molecular formula is C26H34ClN7O2. The number of aromatic nitrogens is 5. The van der Waals surface area contributed by atoms with Gasteiger partial charge in [-0.1, -0.05) is 11.6 Å². The fourth-order valence-corrected chi connectivity index (χ4v) is 4.51. The first kappa shape index (κ1) is 26.1. The molecule has 192 valence electrons. The summed E-state index contributed by atoms with van der Waals surface area (Å²) in [6, 6.07) is 7.89. The summed E-state index contributed by atoms with van der Waals surface area (Å²) < 4.78 is 3.86. The predicted molar refractivity (Wildman–Crippen MR) is 143 cm³/mol. The second-order valence-corrected chi connectivity index (χ2v) is 9.89. The summed E-state index contributed by atoms with van der Waals surface area (Å²) in [5, 5.41) is 27.5. The Morgan fingerprint density at radius 3 is 2.67 bits per heavy atom. The first-order valence-electron chi connectivity index (χ1n) is 12.1. The molecule has 1 aromatic carbocycles. The smallest absolute Gasteiger partial charge is 0.229 e. The highest BCUT2D eigenvalue weighted by atomic mass is 35.5. The molecule has 4 heterocycles. The van der Waals surface area contributed by atoms with Crippen molar-refractivity contribution in [2.45, 2.75) is 52.9 Å². The maximum atomic E-state index is 9.78. The van der Waals surface area contributed by atoms with Crippen molar-refractivity contribution in [3.8, 4) is 5.82 Å². The van der Waals surface area contributed by atoms with Crippen molar-refractivity contribution >= 4 is 34.1 Å². The number of halogens is 1. The second-order valence-electron chi connectivity index (χ2n) is 9.51. The van der Waals surface area contributed by atoms with E-state index in [0.29, 0.717) is 18.3 Å². The summed E-state index contributed by atoms with van der Waals surface area (Å²) in [5.74, 6) is 1.18. The molecule has 1 saturated heterocycles. The van der Waals surface area contributed by atoms with Crippen LogP contribution in [0.15, 0.2) is 36.7 Å². The van der Waals surface area contributed by atoms with Crippen molar-refractivity contribution in [3.63, 3.8) is 0 Å². The van der Waals surface area contributed by atoms with Gasteiger partial charge in [-0.2, -0.15) is 10.1 Å². The zero-order valence-electron chi connectivity index (χ0n) is 21.4. The highest BCUT2D eigenvalue weighted by Crippen LogP contribution is 2.32. The zero-order valence-corrected chi connectivity index (χ0v) is 22.2. The molecule has 0 saturated carbocycles. The highest BCUT2D eigenvalue weighted by molar-refractivity contribution is 6.36. The molecule has 3 N–H and O–H groups in total. The van der Waals surface area contributed by atoms with Gasteiger partial charge in [-0.25, -0.2) is 9.67 Å². The molecule has 10 heteroatoms. The lowest BCUT2D eigenvalue weighted by atomic mass is 10.2. The molecule has 1 atom stereocenters. The van der Waals surface area contributed by atoms with Crippen LogP contribution in [0.1, 0.15) is 37.2 Å². The number of nitrogens with one attached hydrogen (secondary N) is 1. The molecular weight excluding hydrogens is 478 g/mol. The third-order valence-electron chi connectivity index (χ3n) is 6.19. The van der Waals surface area contributed by atoms with Gasteiger partial charge in [0.05, 0.1) is 16.8 Å². The van der Waals surface area contributed by atoms with E-state index in [1.165, 1.54) is 0 Å². The minimum absolute atomic E-state index is 0.167. The van der Waals surface area contributed by atoms with E-state index in [1.807, 2.05) is 51.4 Å². The van der Waals surface area contributed by atoms with Gasteiger partial charge in [-0.15, -0.1) is 0 Å². The first-order valence-corrected chi connectivity index (χ1v) is 12.5. The van der Waals surface area contributed by atoms with E-state index < -0.39 is 0 Å². The van der Waals surface area contributed by atoms with Crippen LogP contribution in [0, 0.1) is 13.8 Å². The number of nitrogens with zero attached hydrogens (tertiary/aromatic N) is 6. The number of aliphatic hydroxyl groups excluding tert-OH is 2. The lowest BCUT2D eigenvalue weighted by Gasteiger charge is -2.13. The van der Waals surface area contributed by atoms with E-state index in [1.54, 1.807) is 24.7 Å². The molecule has 0 spiro atoms. The predicted octanol–water partition coefficient (Wildman–Crippen LogP) is 4.12. The van der Waals surface area contributed by atoms with E-state index in [0.717, 1.165) is 58.1 Å². The molecule has 9 nitrogen and oxygen atoms in total. The van der Waals surface area contributed by atoms with Crippen LogP contribution in [0.3, 0.4) is 0 Å². The molecule has 0 bridgehead atoms. The number of β-amino-alcohol motifs (C(OH)–C–C–N with tert-alkyl or cyclic N) is 1. The Morgan fingerprint density at radius 2 is 1.97 bits per heavy atom. The van der Waals surface area contributed by atoms with Gasteiger partial charge in [0.15, 0.2) is 5.82 Å². The lowest BCUT2D eigenvalue weighted by molar-refractivity contribution is 0.174. The number of rotatable bonds is 5. The number of fused-ring (bicyclic) bond motifs is 1. The number of likely N-dealkylation sites (tertiary alicyclic amines) is 1. The van der Waals surface area contributed by atoms with E-state index in [9.17, 15) is 5.11 Å². The van der Waals surface area contributed by atoms with Crippen LogP contribution in [0.5, 0.6) is 0 Å². The van der Waals surface area contributed by atoms with Crippen LogP contribution in [0.25, 0.3) is 16.7 Å². The molecule has 4 aromatic rings. The zero-order chi connectivity index (χ0) is 26.0. The van der Waals surface area contributed by atoms with Gasteiger partial charge in [-0.05, 0) is 52.3 Å². The summed E-state index contributed by atoms with van der Waals surface area (Å²) >= 11 is 6.50. The molecule has 36 heavy (non-hydrogen) atoms. The lowest BCUT2D eigenvalue weighted by Crippen LogP contribution is -2.21. The minimum Gasteiger partial charge on any atom is -0.394 e. The Bertz CT molecular complexity index is 1350. The number of hydrogen-bond donors (Lipinski definition) is 3. The Balaban J connectivity index is 0.000000709. The number of anilines is 2. The maximum Gasteiger partial charge on any atom is 0.229 e. The van der Waals surface area contributed by atoms with Gasteiger partial charge in [0.25, 0.3) is 0 Å². The normalized spacial score (nSPS) is 16.0. The van der Waals surface area contributed by atoms with Gasteiger partial charge >= 0.3 is 0 Å². The van der Waals surface area contributed by atoms with E-state index in [2.05, 4.69) is 29.9 Å². The fraction of sp³-hybridized carbons (Fsp3) is 0.423. The Kier molecular flexibility index (Phi) is 7.94. The van der Waals surface area contributed by atoms with Crippen LogP contribution < -0.4 is 5.32 Å². The third-order valence-corrected chi connectivity index (χ3v) is 6.67. The van der Waals surface area contributed by atoms with Crippen molar-refractivity contribution in [2.75, 3.05) is 18.4 Å². The summed E-state index contributed by atoms with van der Waals surface area (Å²) in [5.41, 5.74) is 5.07. The van der Waals surface area contributed by atoms with E-state index in [-0.39, 0.29) is 12.2 Å². The topological polar surface area (TPSA) is 104 Å². The first-order chi connectivity index (χ1) is 17.1. The van der Waals surface area contributed by atoms with Crippen LogP contribution in [-0.4, -0.2) is 64.7 Å². The SMILES string of the molecule is CC(C)O.Cc1nn(-c2ccnc(Nc3ccc4c(c3)c(Cl)c(C)n4C)n2)cc1CN1CCC(O)C1. The van der Waals surface area contributed by atoms with Crippen molar-refractivity contribution in [1.82, 2.24) is 29.2 Å². The van der Waals surface area contributed by atoms with Crippen LogP contribution in [-0.2, 0) is 13.6 Å². The molecule has 1 unspecified atom stereocenters. The summed E-state index contributed by atoms with van der Waals surface area (Å²) in [6.07, 6.45) is 4.16. The summed E-state index contributed by atoms with van der Waals surface area (Å²) in [6.45, 7) is 9.84. The van der Waals surface area contributed by atoms with Gasteiger partial charge in [0.1, 0.15) is 0 Å². The van der Waals surface area contributed by atoms with Crippen LogP contribution in [0.2, 0.25) is 5.02 Å². The van der Waals surface area contributed by atoms with E-state index >= 15 is 0 Å². The van der Waals surface area contributed by atoms with Crippen molar-refractivity contribution in [2.24, 2.45) is 7.05 Å². The molecule has 0 aliphatic carbocycles. The number of benzene rings is 1. The van der Waals surface area contributed by atoms with Crippen LogP contribution in [0.4, 0.5) is 11.6 Å². The molecule has 1 aliphatic heterocycles. The van der Waals surface area contributed by atoms with Gasteiger partial charge < -0.3 is 20.1 Å². The molecule has 3 aromatic heterocycles. The van der Waals surface area contributed by atoms with Crippen molar-refractivity contribution in [1.29, 1.82) is 0 Å². The van der Waals surface area contributed by atoms with Crippen molar-refractivity contribution < 1.29 is 10.2 Å². The molecule has 5 rings (SSSR count). The number of aryl methyl sites for hydroxylation is 2. The number of aliphatic hydroxyl groups is 2. The van der Waals surface area contributed by atoms with E-state index in [4.69, 9.17) is 16.7 Å².